The van der Waals surface area contributed by atoms with E-state index in [1.54, 1.807) is 24.1 Å². The molecule has 6 nitrogen and oxygen atoms in total. The number of aryl methyl sites for hydroxylation is 1. The summed E-state index contributed by atoms with van der Waals surface area (Å²) >= 11 is 0. The molecule has 1 N–H and O–H groups in total. The van der Waals surface area contributed by atoms with E-state index in [1.807, 2.05) is 31.2 Å². The number of carbonyl (C=O) groups is 1. The molecular formula is C22H24N2O4S. The van der Waals surface area contributed by atoms with E-state index >= 15 is 0 Å². The Morgan fingerprint density at radius 1 is 1.21 bits per heavy atom. The summed E-state index contributed by atoms with van der Waals surface area (Å²) in [7, 11) is -2.01. The third-order valence-corrected chi connectivity index (χ3v) is 6.08. The summed E-state index contributed by atoms with van der Waals surface area (Å²) in [6.45, 7) is 5.99. The van der Waals surface area contributed by atoms with Crippen molar-refractivity contribution in [3.8, 4) is 0 Å². The minimum absolute atomic E-state index is 0.0432. The van der Waals surface area contributed by atoms with Gasteiger partial charge in [0.1, 0.15) is 11.3 Å². The fraction of sp³-hybridized carbons (Fsp3) is 0.227. The zero-order valence-electron chi connectivity index (χ0n) is 16.5. The van der Waals surface area contributed by atoms with Crippen LogP contribution >= 0.6 is 0 Å². The molecule has 0 atom stereocenters. The maximum atomic E-state index is 13.0. The zero-order valence-corrected chi connectivity index (χ0v) is 17.3. The monoisotopic (exact) mass is 412 g/mol. The van der Waals surface area contributed by atoms with E-state index in [2.05, 4.69) is 11.3 Å². The molecule has 2 aromatic carbocycles. The number of amides is 1. The summed E-state index contributed by atoms with van der Waals surface area (Å²) in [4.78, 5) is 14.6. The van der Waals surface area contributed by atoms with E-state index in [-0.39, 0.29) is 17.3 Å². The van der Waals surface area contributed by atoms with Crippen LogP contribution in [0.3, 0.4) is 0 Å². The Morgan fingerprint density at radius 2 is 1.97 bits per heavy atom. The van der Waals surface area contributed by atoms with Crippen LogP contribution in [0.5, 0.6) is 0 Å². The molecule has 0 aliphatic heterocycles. The summed E-state index contributed by atoms with van der Waals surface area (Å²) in [5.74, 6) is 0.578. The van der Waals surface area contributed by atoms with E-state index in [9.17, 15) is 13.2 Å². The lowest BCUT2D eigenvalue weighted by atomic mass is 10.1. The SMILES string of the molecule is C=CCNS(=O)(=O)c1cccc(C(=O)N(C)Cc2c(CC)oc3ccccc23)c1. The zero-order chi connectivity index (χ0) is 21.0. The van der Waals surface area contributed by atoms with Gasteiger partial charge in [0.05, 0.1) is 4.90 Å². The highest BCUT2D eigenvalue weighted by Crippen LogP contribution is 2.27. The molecule has 0 aliphatic rings. The Morgan fingerprint density at radius 3 is 2.69 bits per heavy atom. The first kappa shape index (κ1) is 20.8. The summed E-state index contributed by atoms with van der Waals surface area (Å²) in [6, 6.07) is 13.8. The summed E-state index contributed by atoms with van der Waals surface area (Å²) in [5.41, 5.74) is 2.07. The van der Waals surface area contributed by atoms with Crippen molar-refractivity contribution < 1.29 is 17.6 Å². The molecule has 3 rings (SSSR count). The van der Waals surface area contributed by atoms with Gasteiger partial charge in [0.2, 0.25) is 10.0 Å². The van der Waals surface area contributed by atoms with Crippen molar-refractivity contribution >= 4 is 26.9 Å². The molecule has 7 heteroatoms. The van der Waals surface area contributed by atoms with Crippen molar-refractivity contribution in [3.63, 3.8) is 0 Å². The number of nitrogens with one attached hydrogen (secondary N) is 1. The van der Waals surface area contributed by atoms with Crippen molar-refractivity contribution in [2.45, 2.75) is 24.8 Å². The van der Waals surface area contributed by atoms with Crippen LogP contribution in [0.4, 0.5) is 0 Å². The predicted molar refractivity (Wildman–Crippen MR) is 113 cm³/mol. The van der Waals surface area contributed by atoms with Crippen molar-refractivity contribution in [2.24, 2.45) is 0 Å². The molecular weight excluding hydrogens is 388 g/mol. The van der Waals surface area contributed by atoms with E-state index in [0.29, 0.717) is 12.1 Å². The van der Waals surface area contributed by atoms with Crippen molar-refractivity contribution in [2.75, 3.05) is 13.6 Å². The maximum absolute atomic E-state index is 13.0. The van der Waals surface area contributed by atoms with Crippen molar-refractivity contribution in [1.29, 1.82) is 0 Å². The Kier molecular flexibility index (Phi) is 6.20. The number of hydrogen-bond donors (Lipinski definition) is 1. The second-order valence-electron chi connectivity index (χ2n) is 6.68. The number of rotatable bonds is 8. The first-order chi connectivity index (χ1) is 13.9. The van der Waals surface area contributed by atoms with Crippen LogP contribution in [0.25, 0.3) is 11.0 Å². The lowest BCUT2D eigenvalue weighted by molar-refractivity contribution is 0.0785. The smallest absolute Gasteiger partial charge is 0.253 e. The molecule has 0 fully saturated rings. The lowest BCUT2D eigenvalue weighted by Gasteiger charge is -2.18. The molecule has 3 aromatic rings. The van der Waals surface area contributed by atoms with Gasteiger partial charge < -0.3 is 9.32 Å². The number of benzene rings is 2. The van der Waals surface area contributed by atoms with Gasteiger partial charge in [0.15, 0.2) is 0 Å². The van der Waals surface area contributed by atoms with E-state index < -0.39 is 10.0 Å². The average molecular weight is 413 g/mol. The Hall–Kier alpha value is -2.90. The fourth-order valence-electron chi connectivity index (χ4n) is 3.19. The molecule has 29 heavy (non-hydrogen) atoms. The lowest BCUT2D eigenvalue weighted by Crippen LogP contribution is -2.27. The van der Waals surface area contributed by atoms with Gasteiger partial charge in [-0.3, -0.25) is 4.79 Å². The molecule has 0 bridgehead atoms. The van der Waals surface area contributed by atoms with Gasteiger partial charge in [0, 0.05) is 43.1 Å². The van der Waals surface area contributed by atoms with Gasteiger partial charge in [-0.2, -0.15) is 0 Å². The number of sulfonamides is 1. The van der Waals surface area contributed by atoms with Crippen LogP contribution in [0, 0.1) is 0 Å². The van der Waals surface area contributed by atoms with Crippen LogP contribution < -0.4 is 4.72 Å². The molecule has 0 aliphatic carbocycles. The molecule has 0 unspecified atom stereocenters. The minimum Gasteiger partial charge on any atom is -0.461 e. The number of fused-ring (bicyclic) bond motifs is 1. The summed E-state index contributed by atoms with van der Waals surface area (Å²) in [6.07, 6.45) is 2.18. The summed E-state index contributed by atoms with van der Waals surface area (Å²) < 4.78 is 33.0. The quantitative estimate of drug-likeness (QED) is 0.572. The first-order valence-corrected chi connectivity index (χ1v) is 10.8. The average Bonchev–Trinajstić information content (AvgIpc) is 3.09. The largest absolute Gasteiger partial charge is 0.461 e. The minimum atomic E-state index is -3.70. The van der Waals surface area contributed by atoms with Crippen LogP contribution in [-0.2, 0) is 23.0 Å². The molecule has 0 saturated heterocycles. The van der Waals surface area contributed by atoms with Gasteiger partial charge in [-0.05, 0) is 24.3 Å². The predicted octanol–water partition coefficient (Wildman–Crippen LogP) is 3.73. The molecule has 0 radical (unpaired) electrons. The van der Waals surface area contributed by atoms with Gasteiger partial charge >= 0.3 is 0 Å². The highest BCUT2D eigenvalue weighted by Gasteiger charge is 2.20. The highest BCUT2D eigenvalue weighted by molar-refractivity contribution is 7.89. The molecule has 0 spiro atoms. The number of furan rings is 1. The molecule has 1 aromatic heterocycles. The standard InChI is InChI=1S/C22H24N2O4S/c1-4-13-23-29(26,27)17-10-8-9-16(14-17)22(25)24(3)15-19-18-11-6-7-12-21(18)28-20(19)5-2/h4,6-12,14,23H,1,5,13,15H2,2-3H3. The van der Waals surface area contributed by atoms with E-state index in [1.165, 1.54) is 18.2 Å². The molecule has 0 saturated carbocycles. The summed E-state index contributed by atoms with van der Waals surface area (Å²) in [5, 5.41) is 0.981. The van der Waals surface area contributed by atoms with Crippen molar-refractivity contribution in [1.82, 2.24) is 9.62 Å². The van der Waals surface area contributed by atoms with Gasteiger partial charge in [0.25, 0.3) is 5.91 Å². The highest BCUT2D eigenvalue weighted by atomic mass is 32.2. The van der Waals surface area contributed by atoms with Crippen molar-refractivity contribution in [3.05, 3.63) is 78.1 Å². The Bertz CT molecular complexity index is 1150. The second-order valence-corrected chi connectivity index (χ2v) is 8.45. The molecule has 152 valence electrons. The van der Waals surface area contributed by atoms with E-state index in [0.717, 1.165) is 28.7 Å². The third-order valence-electron chi connectivity index (χ3n) is 4.65. The number of para-hydroxylation sites is 1. The van der Waals surface area contributed by atoms with Crippen LogP contribution in [0.2, 0.25) is 0 Å². The molecule has 1 amide bonds. The van der Waals surface area contributed by atoms with Crippen LogP contribution in [0.1, 0.15) is 28.6 Å². The normalized spacial score (nSPS) is 11.5. The number of nitrogens with zero attached hydrogens (tertiary/aromatic N) is 1. The Balaban J connectivity index is 1.86. The van der Waals surface area contributed by atoms with Gasteiger partial charge in [-0.25, -0.2) is 13.1 Å². The van der Waals surface area contributed by atoms with Gasteiger partial charge in [-0.1, -0.05) is 37.3 Å². The third kappa shape index (κ3) is 4.41. The topological polar surface area (TPSA) is 79.6 Å². The fourth-order valence-corrected chi connectivity index (χ4v) is 4.23. The number of carbonyl (C=O) groups excluding carboxylic acids is 1. The second kappa shape index (κ2) is 8.63. The van der Waals surface area contributed by atoms with Crippen LogP contribution in [-0.4, -0.2) is 32.8 Å². The van der Waals surface area contributed by atoms with E-state index in [4.69, 9.17) is 4.42 Å². The van der Waals surface area contributed by atoms with Gasteiger partial charge in [-0.15, -0.1) is 6.58 Å². The Labute approximate surface area is 170 Å². The van der Waals surface area contributed by atoms with Crippen LogP contribution in [0.15, 0.2) is 70.5 Å². The molecule has 1 heterocycles. The number of hydrogen-bond acceptors (Lipinski definition) is 4. The maximum Gasteiger partial charge on any atom is 0.253 e. The first-order valence-electron chi connectivity index (χ1n) is 9.32.